The Morgan fingerprint density at radius 3 is 2.92 bits per heavy atom. The molecule has 0 atom stereocenters. The van der Waals surface area contributed by atoms with E-state index in [-0.39, 0.29) is 0 Å². The van der Waals surface area contributed by atoms with Crippen LogP contribution < -0.4 is 0 Å². The van der Waals surface area contributed by atoms with Gasteiger partial charge in [0.05, 0.1) is 6.20 Å². The average Bonchev–Trinajstić information content (AvgIpc) is 2.57. The highest BCUT2D eigenvalue weighted by atomic mass is 35.5. The Kier molecular flexibility index (Phi) is 2.52. The minimum absolute atomic E-state index is 0.469. The number of pyridine rings is 1. The van der Waals surface area contributed by atoms with Gasteiger partial charge in [-0.05, 0) is 23.9 Å². The molecule has 2 rings (SSSR count). The lowest BCUT2D eigenvalue weighted by Crippen LogP contribution is -1.76. The third kappa shape index (κ3) is 2.23. The molecule has 2 aromatic heterocycles. The molecular weight excluding hydrogens is 208 g/mol. The van der Waals surface area contributed by atoms with E-state index in [4.69, 9.17) is 16.0 Å². The molecule has 0 aliphatic rings. The van der Waals surface area contributed by atoms with Crippen LogP contribution in [-0.2, 0) is 0 Å². The summed E-state index contributed by atoms with van der Waals surface area (Å²) in [5.41, 5.74) is 0. The van der Waals surface area contributed by atoms with Gasteiger partial charge in [-0.3, -0.25) is 0 Å². The number of nitrogens with zero attached hydrogens (tertiary/aromatic N) is 2. The fraction of sp³-hybridized carbons (Fsp3) is 0. The molecule has 0 bridgehead atoms. The predicted molar refractivity (Wildman–Crippen MR) is 49.9 cm³/mol. The van der Waals surface area contributed by atoms with Crippen LogP contribution in [0, 0.1) is 0 Å². The first-order valence-corrected chi connectivity index (χ1v) is 4.73. The molecule has 0 fully saturated rings. The molecule has 0 aliphatic heterocycles. The van der Waals surface area contributed by atoms with Crippen LogP contribution in [0.15, 0.2) is 45.3 Å². The van der Waals surface area contributed by atoms with E-state index < -0.39 is 0 Å². The maximum Gasteiger partial charge on any atom is 0.260 e. The van der Waals surface area contributed by atoms with E-state index in [1.54, 1.807) is 18.5 Å². The SMILES string of the molecule is Clc1cc(Sc2ncco2)ccn1. The first-order valence-electron chi connectivity index (χ1n) is 3.53. The summed E-state index contributed by atoms with van der Waals surface area (Å²) in [6.45, 7) is 0. The molecule has 2 heterocycles. The zero-order chi connectivity index (χ0) is 9.10. The number of hydrogen-bond acceptors (Lipinski definition) is 4. The monoisotopic (exact) mass is 212 g/mol. The second-order valence-electron chi connectivity index (χ2n) is 2.21. The second kappa shape index (κ2) is 3.81. The van der Waals surface area contributed by atoms with Crippen molar-refractivity contribution >= 4 is 23.4 Å². The Bertz CT molecular complexity index is 391. The fourth-order valence-electron chi connectivity index (χ4n) is 0.810. The van der Waals surface area contributed by atoms with E-state index in [1.165, 1.54) is 18.0 Å². The predicted octanol–water partition coefficient (Wildman–Crippen LogP) is 2.87. The van der Waals surface area contributed by atoms with Gasteiger partial charge in [-0.15, -0.1) is 0 Å². The summed E-state index contributed by atoms with van der Waals surface area (Å²) < 4.78 is 5.07. The quantitative estimate of drug-likeness (QED) is 0.718. The van der Waals surface area contributed by atoms with E-state index in [1.807, 2.05) is 6.07 Å². The highest BCUT2D eigenvalue weighted by Crippen LogP contribution is 2.26. The summed E-state index contributed by atoms with van der Waals surface area (Å²) in [4.78, 5) is 8.80. The first kappa shape index (κ1) is 8.59. The topological polar surface area (TPSA) is 38.9 Å². The molecule has 0 unspecified atom stereocenters. The lowest BCUT2D eigenvalue weighted by atomic mass is 10.5. The smallest absolute Gasteiger partial charge is 0.260 e. The van der Waals surface area contributed by atoms with Crippen LogP contribution in [0.4, 0.5) is 0 Å². The van der Waals surface area contributed by atoms with Crippen molar-refractivity contribution in [3.8, 4) is 0 Å². The Morgan fingerprint density at radius 1 is 1.31 bits per heavy atom. The molecule has 0 aliphatic carbocycles. The van der Waals surface area contributed by atoms with Crippen molar-refractivity contribution in [3.63, 3.8) is 0 Å². The van der Waals surface area contributed by atoms with Crippen molar-refractivity contribution in [2.24, 2.45) is 0 Å². The van der Waals surface area contributed by atoms with Crippen LogP contribution in [0.25, 0.3) is 0 Å². The van der Waals surface area contributed by atoms with E-state index in [2.05, 4.69) is 9.97 Å². The number of oxazole rings is 1. The third-order valence-corrected chi connectivity index (χ3v) is 2.39. The van der Waals surface area contributed by atoms with Crippen molar-refractivity contribution in [2.45, 2.75) is 10.1 Å². The van der Waals surface area contributed by atoms with E-state index >= 15 is 0 Å². The van der Waals surface area contributed by atoms with Gasteiger partial charge in [0.2, 0.25) is 0 Å². The van der Waals surface area contributed by atoms with E-state index in [0.717, 1.165) is 4.90 Å². The Morgan fingerprint density at radius 2 is 2.23 bits per heavy atom. The van der Waals surface area contributed by atoms with Gasteiger partial charge in [0.15, 0.2) is 0 Å². The fourth-order valence-corrected chi connectivity index (χ4v) is 1.77. The number of rotatable bonds is 2. The molecule has 66 valence electrons. The minimum Gasteiger partial charge on any atom is -0.440 e. The summed E-state index contributed by atoms with van der Waals surface area (Å²) in [6, 6.07) is 3.61. The molecule has 3 nitrogen and oxygen atoms in total. The van der Waals surface area contributed by atoms with Gasteiger partial charge in [-0.1, -0.05) is 11.6 Å². The summed E-state index contributed by atoms with van der Waals surface area (Å²) in [5.74, 6) is 0. The summed E-state index contributed by atoms with van der Waals surface area (Å²) in [6.07, 6.45) is 4.78. The van der Waals surface area contributed by atoms with Gasteiger partial charge >= 0.3 is 0 Å². The normalized spacial score (nSPS) is 10.2. The highest BCUT2D eigenvalue weighted by molar-refractivity contribution is 7.99. The lowest BCUT2D eigenvalue weighted by molar-refractivity contribution is 0.454. The third-order valence-electron chi connectivity index (χ3n) is 1.31. The zero-order valence-electron chi connectivity index (χ0n) is 6.48. The van der Waals surface area contributed by atoms with Crippen molar-refractivity contribution < 1.29 is 4.42 Å². The second-order valence-corrected chi connectivity index (χ2v) is 3.63. The van der Waals surface area contributed by atoms with Crippen molar-refractivity contribution in [1.82, 2.24) is 9.97 Å². The Hall–Kier alpha value is -1.00. The van der Waals surface area contributed by atoms with Crippen molar-refractivity contribution in [1.29, 1.82) is 0 Å². The zero-order valence-corrected chi connectivity index (χ0v) is 8.05. The number of aromatic nitrogens is 2. The molecule has 2 aromatic rings. The maximum absolute atomic E-state index is 5.71. The number of halogens is 1. The van der Waals surface area contributed by atoms with Gasteiger partial charge in [-0.2, -0.15) is 0 Å². The molecule has 13 heavy (non-hydrogen) atoms. The van der Waals surface area contributed by atoms with Crippen molar-refractivity contribution in [3.05, 3.63) is 35.9 Å². The molecule has 0 N–H and O–H groups in total. The van der Waals surface area contributed by atoms with E-state index in [9.17, 15) is 0 Å². The van der Waals surface area contributed by atoms with Crippen LogP contribution >= 0.6 is 23.4 Å². The average molecular weight is 213 g/mol. The van der Waals surface area contributed by atoms with Crippen LogP contribution in [0.1, 0.15) is 0 Å². The largest absolute Gasteiger partial charge is 0.440 e. The first-order chi connectivity index (χ1) is 6.34. The Labute approximate surface area is 84.1 Å². The summed E-state index contributed by atoms with van der Waals surface area (Å²) in [7, 11) is 0. The number of hydrogen-bond donors (Lipinski definition) is 0. The minimum atomic E-state index is 0.469. The lowest BCUT2D eigenvalue weighted by Gasteiger charge is -1.95. The van der Waals surface area contributed by atoms with Crippen LogP contribution in [0.3, 0.4) is 0 Å². The molecule has 0 saturated heterocycles. The van der Waals surface area contributed by atoms with Crippen molar-refractivity contribution in [2.75, 3.05) is 0 Å². The molecule has 5 heteroatoms. The van der Waals surface area contributed by atoms with Gasteiger partial charge < -0.3 is 4.42 Å². The van der Waals surface area contributed by atoms with Crippen LogP contribution in [0.5, 0.6) is 0 Å². The molecular formula is C8H5ClN2OS. The summed E-state index contributed by atoms with van der Waals surface area (Å²) >= 11 is 7.12. The van der Waals surface area contributed by atoms with Crippen LogP contribution in [0.2, 0.25) is 5.15 Å². The standard InChI is InChI=1S/C8H5ClN2OS/c9-7-5-6(1-2-10-7)13-8-11-3-4-12-8/h1-5H. The molecule has 0 spiro atoms. The van der Waals surface area contributed by atoms with E-state index in [0.29, 0.717) is 10.4 Å². The highest BCUT2D eigenvalue weighted by Gasteiger charge is 2.01. The van der Waals surface area contributed by atoms with Gasteiger partial charge in [0, 0.05) is 11.1 Å². The molecule has 0 radical (unpaired) electrons. The Balaban J connectivity index is 2.19. The summed E-state index contributed by atoms with van der Waals surface area (Å²) in [5, 5.41) is 1.07. The molecule has 0 saturated carbocycles. The van der Waals surface area contributed by atoms with Gasteiger partial charge in [0.1, 0.15) is 11.4 Å². The maximum atomic E-state index is 5.71. The molecule has 0 amide bonds. The van der Waals surface area contributed by atoms with Gasteiger partial charge in [0.25, 0.3) is 5.22 Å². The van der Waals surface area contributed by atoms with Gasteiger partial charge in [-0.25, -0.2) is 9.97 Å². The molecule has 0 aromatic carbocycles. The van der Waals surface area contributed by atoms with Crippen LogP contribution in [-0.4, -0.2) is 9.97 Å².